The maximum absolute atomic E-state index is 9.90. The van der Waals surface area contributed by atoms with E-state index >= 15 is 0 Å². The average molecular weight is 543 g/mol. The van der Waals surface area contributed by atoms with E-state index < -0.39 is 18.1 Å². The van der Waals surface area contributed by atoms with Crippen molar-refractivity contribution in [1.29, 1.82) is 0 Å². The zero-order chi connectivity index (χ0) is 17.5. The summed E-state index contributed by atoms with van der Waals surface area (Å²) in [6, 6.07) is -1.30. The third-order valence-corrected chi connectivity index (χ3v) is 0.765. The van der Waals surface area contributed by atoms with E-state index in [9.17, 15) is 4.79 Å². The number of aliphatic hydroxyl groups excluding tert-OH is 1. The molecule has 0 saturated carbocycles. The Balaban J connectivity index is -0.0000000570. The molecular weight excluding hydrogens is 503 g/mol. The van der Waals surface area contributed by atoms with Gasteiger partial charge in [0, 0.05) is 70.8 Å². The molecule has 4 nitrogen and oxygen atoms in total. The van der Waals surface area contributed by atoms with Crippen LogP contribution in [0.1, 0.15) is 6.92 Å². The molecule has 0 spiro atoms. The molecule has 0 bridgehead atoms. The first kappa shape index (κ1) is 33.8. The molecule has 21 heavy (non-hydrogen) atoms. The topological polar surface area (TPSA) is 84.0 Å². The zero-order valence-electron chi connectivity index (χ0n) is 15.3. The normalized spacial score (nSPS) is 11.8. The smallest absolute Gasteiger partial charge is 0.658 e. The van der Waals surface area contributed by atoms with E-state index in [1.54, 1.807) is 0 Å². The Morgan fingerprint density at radius 1 is 0.905 bits per heavy atom. The monoisotopic (exact) mass is 543 g/mol. The van der Waals surface area contributed by atoms with E-state index in [0.29, 0.717) is 0 Å². The van der Waals surface area contributed by atoms with E-state index in [0.717, 1.165) is 0 Å². The van der Waals surface area contributed by atoms with E-state index in [4.69, 9.17) is 15.9 Å². The number of rotatable bonds is 2. The van der Waals surface area contributed by atoms with Crippen LogP contribution in [-0.2, 0) is 24.9 Å². The fraction of sp³-hybridized carbons (Fsp3) is 0.923. The summed E-state index contributed by atoms with van der Waals surface area (Å²) in [6.07, 6.45) is -1.03. The number of nitrogens with one attached hydrogen (secondary N) is 1. The van der Waals surface area contributed by atoms with Crippen molar-refractivity contribution < 1.29 is 35.1 Å². The summed E-state index contributed by atoms with van der Waals surface area (Å²) in [7, 11) is 0.361. The molecule has 0 aromatic rings. The molecule has 0 aliphatic rings. The minimum absolute atomic E-state index is 0. The molecule has 132 valence electrons. The van der Waals surface area contributed by atoms with E-state index in [1.807, 2.05) is 0 Å². The van der Waals surface area contributed by atoms with Crippen LogP contribution in [0.2, 0.25) is 0 Å². The summed E-state index contributed by atoms with van der Waals surface area (Å²) in [4.78, 5) is 9.90. The predicted molar refractivity (Wildman–Crippen MR) is 107 cm³/mol. The van der Waals surface area contributed by atoms with Gasteiger partial charge in [-0.1, -0.05) is 0 Å². The van der Waals surface area contributed by atoms with Gasteiger partial charge in [0.05, 0.1) is 6.10 Å². The quantitative estimate of drug-likeness (QED) is 0.429. The van der Waals surface area contributed by atoms with Crippen LogP contribution >= 0.6 is 23.8 Å². The number of aliphatic hydroxyl groups is 1. The van der Waals surface area contributed by atoms with Gasteiger partial charge < -0.3 is 15.9 Å². The van der Waals surface area contributed by atoms with E-state index in [1.165, 1.54) is 6.92 Å². The maximum atomic E-state index is 9.90. The molecule has 8 heteroatoms. The first-order valence-electron chi connectivity index (χ1n) is 6.70. The zero-order valence-corrected chi connectivity index (χ0v) is 20.7. The second kappa shape index (κ2) is 23.6. The average Bonchev–Trinajstić information content (AvgIpc) is 2.13. The standard InChI is InChI=1S/C4H8NO3.3C3H9P.Ir/c1-2(6)3(5)4(7)8;3*1-4(2)3;/h2-3,5-6H,1H3,(H,7,8);3*1-3H3;/q-1;;;;+3/p+4. The first-order chi connectivity index (χ1) is 8.75. The van der Waals surface area contributed by atoms with Crippen molar-refractivity contribution in [2.45, 2.75) is 19.1 Å². The Labute approximate surface area is 149 Å². The second-order valence-corrected chi connectivity index (χ2v) is 15.1. The van der Waals surface area contributed by atoms with E-state index in [-0.39, 0.29) is 43.9 Å². The minimum Gasteiger partial charge on any atom is -0.658 e. The van der Waals surface area contributed by atoms with Crippen molar-refractivity contribution >= 4 is 29.7 Å². The molecule has 0 aliphatic heterocycles. The van der Waals surface area contributed by atoms with Gasteiger partial charge in [-0.2, -0.15) is 0 Å². The van der Waals surface area contributed by atoms with Crippen LogP contribution in [0.4, 0.5) is 0 Å². The van der Waals surface area contributed by atoms with Crippen molar-refractivity contribution in [3.63, 3.8) is 0 Å². The Kier molecular flexibility index (Phi) is 38.0. The van der Waals surface area contributed by atoms with Gasteiger partial charge in [-0.25, -0.2) is 0 Å². The summed E-state index contributed by atoms with van der Waals surface area (Å²) in [5.41, 5.74) is 6.69. The summed E-state index contributed by atoms with van der Waals surface area (Å²) < 4.78 is 0. The maximum Gasteiger partial charge on any atom is 3.00 e. The van der Waals surface area contributed by atoms with Gasteiger partial charge in [-0.15, -0.1) is 0 Å². The van der Waals surface area contributed by atoms with Gasteiger partial charge in [0.15, 0.2) is 0 Å². The Morgan fingerprint density at radius 3 is 1.05 bits per heavy atom. The van der Waals surface area contributed by atoms with Crippen molar-refractivity contribution in [2.24, 2.45) is 0 Å². The number of carbonyl (C=O) groups is 1. The molecule has 0 heterocycles. The summed E-state index contributed by atoms with van der Waals surface area (Å²) in [6.45, 7) is 21.7. The number of carbonyl (C=O) groups excluding carboxylic acids is 1. The van der Waals surface area contributed by atoms with Crippen LogP contribution in [0.3, 0.4) is 0 Å². The van der Waals surface area contributed by atoms with Gasteiger partial charge in [0.25, 0.3) is 0 Å². The summed E-state index contributed by atoms with van der Waals surface area (Å²) in [5.74, 6) is -1.04. The van der Waals surface area contributed by atoms with Gasteiger partial charge in [0.1, 0.15) is 0 Å². The van der Waals surface area contributed by atoms with Crippen LogP contribution in [0, 0.1) is 0 Å². The molecule has 0 saturated heterocycles. The molecule has 2 unspecified atom stereocenters. The first-order valence-corrected chi connectivity index (χ1v) is 15.7. The molecule has 0 rings (SSSR count). The third kappa shape index (κ3) is 91.6. The van der Waals surface area contributed by atoms with Gasteiger partial charge in [-0.3, -0.25) is 0 Å². The molecule has 0 radical (unpaired) electrons. The molecule has 4 N–H and O–H groups in total. The summed E-state index contributed by atoms with van der Waals surface area (Å²) in [5, 5.41) is 14.8. The van der Waals surface area contributed by atoms with Crippen LogP contribution < -0.4 is 0 Å². The molecular formula is C13H39IrNO3P3+6. The molecule has 2 atom stereocenters. The third-order valence-electron chi connectivity index (χ3n) is 0.765. The van der Waals surface area contributed by atoms with Crippen LogP contribution in [0.15, 0.2) is 0 Å². The van der Waals surface area contributed by atoms with Crippen molar-refractivity contribution in [1.82, 2.24) is 0 Å². The Morgan fingerprint density at radius 2 is 1.05 bits per heavy atom. The molecule has 0 aromatic carbocycles. The molecule has 0 fully saturated rings. The van der Waals surface area contributed by atoms with Gasteiger partial charge in [-0.05, 0) is 30.7 Å². The molecule has 0 amide bonds. The van der Waals surface area contributed by atoms with Gasteiger partial charge >= 0.3 is 26.1 Å². The SMILES string of the molecule is CC(O)C([NH-])C(=O)[OH2+].C[PH+](C)C.C[PH+](C)C.C[PH+](C)C.[Ir+3]. The van der Waals surface area contributed by atoms with Crippen LogP contribution in [-0.4, -0.2) is 88.3 Å². The van der Waals surface area contributed by atoms with Crippen LogP contribution in [0.25, 0.3) is 5.73 Å². The van der Waals surface area contributed by atoms with Crippen molar-refractivity contribution in [2.75, 3.05) is 60.0 Å². The number of hydrogen-bond donors (Lipinski definition) is 1. The fourth-order valence-corrected chi connectivity index (χ4v) is 0.219. The van der Waals surface area contributed by atoms with Crippen LogP contribution in [0.5, 0.6) is 0 Å². The molecule has 0 aliphatic carbocycles. The fourth-order valence-electron chi connectivity index (χ4n) is 0.219. The second-order valence-electron chi connectivity index (χ2n) is 6.08. The summed E-state index contributed by atoms with van der Waals surface area (Å²) >= 11 is 0. The van der Waals surface area contributed by atoms with E-state index in [2.05, 4.69) is 60.0 Å². The Hall–Kier alpha value is 1.33. The Bertz CT molecular complexity index is 185. The minimum atomic E-state index is -1.30. The molecule has 0 aromatic heterocycles. The van der Waals surface area contributed by atoms with Gasteiger partial charge in [0.2, 0.25) is 0 Å². The van der Waals surface area contributed by atoms with Crippen molar-refractivity contribution in [3.05, 3.63) is 5.73 Å². The largest absolute Gasteiger partial charge is 3.00 e. The predicted octanol–water partition coefficient (Wildman–Crippen LogP) is 2.31. The van der Waals surface area contributed by atoms with Crippen molar-refractivity contribution in [3.8, 4) is 0 Å². The number of hydrogen-bond acceptors (Lipinski definition) is 2.